The van der Waals surface area contributed by atoms with E-state index in [2.05, 4.69) is 12.2 Å². The van der Waals surface area contributed by atoms with E-state index >= 15 is 0 Å². The van der Waals surface area contributed by atoms with Gasteiger partial charge in [-0.05, 0) is 43.2 Å². The molecule has 0 fully saturated rings. The molecule has 0 saturated carbocycles. The van der Waals surface area contributed by atoms with E-state index in [0.717, 1.165) is 29.8 Å². The molecule has 0 unspecified atom stereocenters. The van der Waals surface area contributed by atoms with Crippen LogP contribution in [0.1, 0.15) is 38.7 Å². The van der Waals surface area contributed by atoms with Gasteiger partial charge >= 0.3 is 0 Å². The highest BCUT2D eigenvalue weighted by molar-refractivity contribution is 5.97. The van der Waals surface area contributed by atoms with Crippen LogP contribution in [0.3, 0.4) is 0 Å². The van der Waals surface area contributed by atoms with E-state index in [9.17, 15) is 4.79 Å². The van der Waals surface area contributed by atoms with Crippen molar-refractivity contribution in [2.75, 3.05) is 12.4 Å². The Balaban J connectivity index is 1.92. The standard InChI is InChI=1S/C21H27NO3/c1-4-5-15-21(2,24-3)20(23)22-18-11-13-19(14-12-18)25-16-17-9-7-6-8-10-17/h6-14H,4-5,15-16H2,1-3H3,(H,22,23)/t21-/m1/s1. The number of unbranched alkanes of at least 4 members (excludes halogenated alkanes) is 1. The van der Waals surface area contributed by atoms with E-state index in [4.69, 9.17) is 9.47 Å². The minimum Gasteiger partial charge on any atom is -0.489 e. The summed E-state index contributed by atoms with van der Waals surface area (Å²) >= 11 is 0. The zero-order valence-corrected chi connectivity index (χ0v) is 15.2. The van der Waals surface area contributed by atoms with Crippen molar-refractivity contribution in [3.05, 3.63) is 60.2 Å². The summed E-state index contributed by atoms with van der Waals surface area (Å²) in [6.45, 7) is 4.45. The van der Waals surface area contributed by atoms with Gasteiger partial charge < -0.3 is 14.8 Å². The lowest BCUT2D eigenvalue weighted by Gasteiger charge is -2.26. The van der Waals surface area contributed by atoms with Crippen molar-refractivity contribution in [2.24, 2.45) is 0 Å². The summed E-state index contributed by atoms with van der Waals surface area (Å²) < 4.78 is 11.2. The first-order chi connectivity index (χ1) is 12.1. The molecule has 0 bridgehead atoms. The van der Waals surface area contributed by atoms with Crippen LogP contribution in [-0.4, -0.2) is 18.6 Å². The largest absolute Gasteiger partial charge is 0.489 e. The Bertz CT molecular complexity index is 655. The van der Waals surface area contributed by atoms with Gasteiger partial charge in [-0.15, -0.1) is 0 Å². The third-order valence-corrected chi connectivity index (χ3v) is 4.30. The quantitative estimate of drug-likeness (QED) is 0.713. The molecule has 0 aliphatic rings. The van der Waals surface area contributed by atoms with E-state index in [0.29, 0.717) is 13.0 Å². The van der Waals surface area contributed by atoms with Gasteiger partial charge in [-0.1, -0.05) is 50.1 Å². The van der Waals surface area contributed by atoms with Crippen LogP contribution >= 0.6 is 0 Å². The summed E-state index contributed by atoms with van der Waals surface area (Å²) in [7, 11) is 1.58. The number of rotatable bonds is 9. The summed E-state index contributed by atoms with van der Waals surface area (Å²) in [5, 5.41) is 2.92. The Kier molecular flexibility index (Phi) is 7.02. The molecular formula is C21H27NO3. The van der Waals surface area contributed by atoms with Crippen LogP contribution in [0.2, 0.25) is 0 Å². The van der Waals surface area contributed by atoms with Gasteiger partial charge in [0.05, 0.1) is 0 Å². The molecule has 4 nitrogen and oxygen atoms in total. The summed E-state index contributed by atoms with van der Waals surface area (Å²) in [5.41, 5.74) is 1.04. The lowest BCUT2D eigenvalue weighted by Crippen LogP contribution is -2.41. The number of carbonyl (C=O) groups is 1. The summed E-state index contributed by atoms with van der Waals surface area (Å²) in [6.07, 6.45) is 2.67. The molecule has 2 aromatic carbocycles. The van der Waals surface area contributed by atoms with E-state index in [-0.39, 0.29) is 5.91 Å². The van der Waals surface area contributed by atoms with E-state index in [1.807, 2.05) is 61.5 Å². The fraction of sp³-hybridized carbons (Fsp3) is 0.381. The van der Waals surface area contributed by atoms with Crippen molar-refractivity contribution in [1.29, 1.82) is 0 Å². The fourth-order valence-electron chi connectivity index (χ4n) is 2.46. The second-order valence-corrected chi connectivity index (χ2v) is 6.29. The summed E-state index contributed by atoms with van der Waals surface area (Å²) in [4.78, 5) is 12.5. The van der Waals surface area contributed by atoms with Gasteiger partial charge in [0.1, 0.15) is 18.0 Å². The maximum Gasteiger partial charge on any atom is 0.256 e. The number of ether oxygens (including phenoxy) is 2. The van der Waals surface area contributed by atoms with Gasteiger partial charge in [0.2, 0.25) is 0 Å². The first kappa shape index (κ1) is 19.0. The highest BCUT2D eigenvalue weighted by Gasteiger charge is 2.32. The van der Waals surface area contributed by atoms with Gasteiger partial charge in [0.15, 0.2) is 0 Å². The molecule has 0 radical (unpaired) electrons. The number of nitrogens with one attached hydrogen (secondary N) is 1. The van der Waals surface area contributed by atoms with E-state index < -0.39 is 5.60 Å². The maximum absolute atomic E-state index is 12.5. The maximum atomic E-state index is 12.5. The van der Waals surface area contributed by atoms with E-state index in [1.54, 1.807) is 7.11 Å². The molecule has 25 heavy (non-hydrogen) atoms. The van der Waals surface area contributed by atoms with Crippen LogP contribution in [0, 0.1) is 0 Å². The molecule has 0 aliphatic heterocycles. The molecule has 1 amide bonds. The Morgan fingerprint density at radius 1 is 1.08 bits per heavy atom. The molecule has 2 rings (SSSR count). The molecule has 1 atom stereocenters. The average molecular weight is 341 g/mol. The predicted molar refractivity (Wildman–Crippen MR) is 101 cm³/mol. The van der Waals surface area contributed by atoms with Gasteiger partial charge in [0.25, 0.3) is 5.91 Å². The monoisotopic (exact) mass is 341 g/mol. The number of hydrogen-bond donors (Lipinski definition) is 1. The van der Waals surface area contributed by atoms with Crippen molar-refractivity contribution in [3.63, 3.8) is 0 Å². The third-order valence-electron chi connectivity index (χ3n) is 4.30. The van der Waals surface area contributed by atoms with Crippen molar-refractivity contribution in [2.45, 2.75) is 45.3 Å². The first-order valence-electron chi connectivity index (χ1n) is 8.71. The summed E-state index contributed by atoms with van der Waals surface area (Å²) in [6, 6.07) is 17.4. The highest BCUT2D eigenvalue weighted by Crippen LogP contribution is 2.22. The van der Waals surface area contributed by atoms with Crippen LogP contribution in [0.25, 0.3) is 0 Å². The van der Waals surface area contributed by atoms with Crippen molar-refractivity contribution < 1.29 is 14.3 Å². The van der Waals surface area contributed by atoms with Gasteiger partial charge in [-0.2, -0.15) is 0 Å². The van der Waals surface area contributed by atoms with Crippen molar-refractivity contribution >= 4 is 11.6 Å². The second-order valence-electron chi connectivity index (χ2n) is 6.29. The van der Waals surface area contributed by atoms with Crippen LogP contribution < -0.4 is 10.1 Å². The molecule has 0 aliphatic carbocycles. The number of hydrogen-bond acceptors (Lipinski definition) is 3. The lowest BCUT2D eigenvalue weighted by molar-refractivity contribution is -0.136. The molecule has 134 valence electrons. The topological polar surface area (TPSA) is 47.6 Å². The minimum atomic E-state index is -0.807. The Labute approximate surface area is 150 Å². The van der Waals surface area contributed by atoms with Gasteiger partial charge in [0, 0.05) is 12.8 Å². The first-order valence-corrected chi connectivity index (χ1v) is 8.71. The molecule has 1 N–H and O–H groups in total. The number of anilines is 1. The lowest BCUT2D eigenvalue weighted by atomic mass is 9.97. The highest BCUT2D eigenvalue weighted by atomic mass is 16.5. The Hall–Kier alpha value is -2.33. The summed E-state index contributed by atoms with van der Waals surface area (Å²) in [5.74, 6) is 0.642. The third kappa shape index (κ3) is 5.61. The molecule has 2 aromatic rings. The molecule has 0 saturated heterocycles. The Morgan fingerprint density at radius 3 is 2.36 bits per heavy atom. The SMILES string of the molecule is CCCC[C@@](C)(OC)C(=O)Nc1ccc(OCc2ccccc2)cc1. The van der Waals surface area contributed by atoms with Crippen molar-refractivity contribution in [3.8, 4) is 5.75 Å². The van der Waals surface area contributed by atoms with Crippen molar-refractivity contribution in [1.82, 2.24) is 0 Å². The molecule has 0 aromatic heterocycles. The minimum absolute atomic E-state index is 0.124. The second kappa shape index (κ2) is 9.23. The number of benzene rings is 2. The normalized spacial score (nSPS) is 13.1. The van der Waals surface area contributed by atoms with Crippen LogP contribution in [0.5, 0.6) is 5.75 Å². The zero-order valence-electron chi connectivity index (χ0n) is 15.2. The number of methoxy groups -OCH3 is 1. The predicted octanol–water partition coefficient (Wildman–Crippen LogP) is 4.80. The fourth-order valence-corrected chi connectivity index (χ4v) is 2.46. The van der Waals surface area contributed by atoms with Crippen LogP contribution in [0.4, 0.5) is 5.69 Å². The number of amides is 1. The average Bonchev–Trinajstić information content (AvgIpc) is 2.66. The number of carbonyl (C=O) groups excluding carboxylic acids is 1. The molecule has 4 heteroatoms. The molecular weight excluding hydrogens is 314 g/mol. The van der Waals surface area contributed by atoms with E-state index in [1.165, 1.54) is 0 Å². The van der Waals surface area contributed by atoms with Crippen LogP contribution in [0.15, 0.2) is 54.6 Å². The smallest absolute Gasteiger partial charge is 0.256 e. The van der Waals surface area contributed by atoms with Crippen LogP contribution in [-0.2, 0) is 16.1 Å². The van der Waals surface area contributed by atoms with Gasteiger partial charge in [-0.25, -0.2) is 0 Å². The molecule has 0 spiro atoms. The zero-order chi connectivity index (χ0) is 18.1. The Morgan fingerprint density at radius 2 is 1.76 bits per heavy atom. The van der Waals surface area contributed by atoms with Gasteiger partial charge in [-0.3, -0.25) is 4.79 Å². The molecule has 0 heterocycles.